The van der Waals surface area contributed by atoms with E-state index in [1.54, 1.807) is 0 Å². The summed E-state index contributed by atoms with van der Waals surface area (Å²) in [6.07, 6.45) is 0. The normalized spacial score (nSPS) is 12.2. The third-order valence-corrected chi connectivity index (χ3v) is 0.800. The third-order valence-electron chi connectivity index (χ3n) is 0.800. The van der Waals surface area contributed by atoms with Gasteiger partial charge in [0.2, 0.25) is 5.78 Å². The first-order chi connectivity index (χ1) is 4.09. The van der Waals surface area contributed by atoms with E-state index in [4.69, 9.17) is 7.85 Å². The van der Waals surface area contributed by atoms with Crippen LogP contribution >= 0.6 is 0 Å². The van der Waals surface area contributed by atoms with Gasteiger partial charge in [-0.1, -0.05) is 6.92 Å². The molecule has 0 bridgehead atoms. The smallest absolute Gasteiger partial charge is 0.373 e. The highest BCUT2D eigenvalue weighted by Crippen LogP contribution is 1.97. The van der Waals surface area contributed by atoms with Crippen molar-refractivity contribution in [3.63, 3.8) is 0 Å². The van der Waals surface area contributed by atoms with Gasteiger partial charge in [-0.2, -0.15) is 0 Å². The summed E-state index contributed by atoms with van der Waals surface area (Å²) in [5.74, 6) is -2.35. The van der Waals surface area contributed by atoms with Crippen molar-refractivity contribution >= 4 is 19.6 Å². The average molecular weight is 126 g/mol. The number of hydrogen-bond donors (Lipinski definition) is 0. The maximum absolute atomic E-state index is 10.5. The van der Waals surface area contributed by atoms with Gasteiger partial charge in [0.15, 0.2) is 0 Å². The van der Waals surface area contributed by atoms with Gasteiger partial charge in [-0.05, 0) is 5.82 Å². The summed E-state index contributed by atoms with van der Waals surface area (Å²) < 4.78 is 4.10. The zero-order valence-electron chi connectivity index (χ0n) is 5.38. The maximum Gasteiger partial charge on any atom is 0.373 e. The summed E-state index contributed by atoms with van der Waals surface area (Å²) in [6.45, 7) is 1.43. The Kier molecular flexibility index (Phi) is 2.98. The third kappa shape index (κ3) is 2.30. The predicted molar refractivity (Wildman–Crippen MR) is 32.2 cm³/mol. The predicted octanol–water partition coefficient (Wildman–Crippen LogP) is -0.295. The van der Waals surface area contributed by atoms with Crippen molar-refractivity contribution in [3.8, 4) is 0 Å². The molecule has 1 unspecified atom stereocenters. The van der Waals surface area contributed by atoms with E-state index in [-0.39, 0.29) is 0 Å². The minimum atomic E-state index is -0.884. The van der Waals surface area contributed by atoms with Crippen LogP contribution in [0.25, 0.3) is 0 Å². The molecule has 0 aromatic heterocycles. The molecule has 0 aliphatic rings. The molecule has 0 aliphatic carbocycles. The van der Waals surface area contributed by atoms with Crippen LogP contribution in [0.4, 0.5) is 0 Å². The number of Topliss-reactive ketones (excluding diaryl/α,β-unsaturated/α-hetero) is 1. The van der Waals surface area contributed by atoms with Crippen LogP contribution in [-0.2, 0) is 14.3 Å². The van der Waals surface area contributed by atoms with Gasteiger partial charge in [0.05, 0.1) is 15.0 Å². The van der Waals surface area contributed by atoms with Crippen LogP contribution in [0, 0.1) is 0 Å². The number of hydrogen-bond acceptors (Lipinski definition) is 3. The minimum Gasteiger partial charge on any atom is -0.463 e. The molecule has 0 amide bonds. The molecule has 0 heterocycles. The Hall–Kier alpha value is -0.795. The zero-order chi connectivity index (χ0) is 7.44. The van der Waals surface area contributed by atoms with Crippen molar-refractivity contribution in [3.05, 3.63) is 0 Å². The van der Waals surface area contributed by atoms with Crippen molar-refractivity contribution in [1.82, 2.24) is 0 Å². The van der Waals surface area contributed by atoms with Crippen LogP contribution in [0.5, 0.6) is 0 Å². The summed E-state index contributed by atoms with van der Waals surface area (Å²) >= 11 is 0. The molecule has 0 N–H and O–H groups in total. The highest BCUT2D eigenvalue weighted by atomic mass is 16.5. The largest absolute Gasteiger partial charge is 0.463 e. The highest BCUT2D eigenvalue weighted by molar-refractivity contribution is 6.44. The molecule has 0 aromatic rings. The van der Waals surface area contributed by atoms with Crippen molar-refractivity contribution in [2.24, 2.45) is 0 Å². The molecule has 0 spiro atoms. The molecule has 0 aliphatic heterocycles. The zero-order valence-corrected chi connectivity index (χ0v) is 5.38. The standard InChI is InChI=1S/C5H7BO3/c1-3(6)4(7)5(8)9-2/h3H,1-2H3. The summed E-state index contributed by atoms with van der Waals surface area (Å²) in [4.78, 5) is 20.8. The second kappa shape index (κ2) is 3.27. The fourth-order valence-corrected chi connectivity index (χ4v) is 0.286. The lowest BCUT2D eigenvalue weighted by atomic mass is 9.86. The molecule has 4 heteroatoms. The Balaban J connectivity index is 3.89. The number of methoxy groups -OCH3 is 1. The number of carbonyl (C=O) groups is 2. The van der Waals surface area contributed by atoms with Gasteiger partial charge in [0.1, 0.15) is 0 Å². The number of ether oxygens (including phenoxy) is 1. The Labute approximate surface area is 54.8 Å². The Morgan fingerprint density at radius 2 is 2.00 bits per heavy atom. The summed E-state index contributed by atoms with van der Waals surface area (Å²) in [7, 11) is 6.20. The van der Waals surface area contributed by atoms with E-state index in [1.807, 2.05) is 0 Å². The lowest BCUT2D eigenvalue weighted by Crippen LogP contribution is -2.19. The van der Waals surface area contributed by atoms with Crippen LogP contribution in [0.1, 0.15) is 6.92 Å². The molecule has 0 aromatic carbocycles. The Morgan fingerprint density at radius 1 is 1.56 bits per heavy atom. The molecule has 48 valence electrons. The molecule has 0 saturated heterocycles. The second-order valence-corrected chi connectivity index (χ2v) is 1.64. The number of ketones is 1. The van der Waals surface area contributed by atoms with Crippen molar-refractivity contribution < 1.29 is 14.3 Å². The van der Waals surface area contributed by atoms with Crippen molar-refractivity contribution in [1.29, 1.82) is 0 Å². The molecule has 0 saturated carbocycles. The number of carbonyl (C=O) groups excluding carboxylic acids is 2. The van der Waals surface area contributed by atoms with Crippen LogP contribution in [0.15, 0.2) is 0 Å². The lowest BCUT2D eigenvalue weighted by molar-refractivity contribution is -0.151. The fraction of sp³-hybridized carbons (Fsp3) is 0.600. The van der Waals surface area contributed by atoms with Gasteiger partial charge in [-0.25, -0.2) is 4.79 Å². The molecule has 0 fully saturated rings. The molecular formula is C5H7BO3. The molecule has 9 heavy (non-hydrogen) atoms. The van der Waals surface area contributed by atoms with E-state index in [1.165, 1.54) is 6.92 Å². The van der Waals surface area contributed by atoms with Gasteiger partial charge in [0.25, 0.3) is 0 Å². The van der Waals surface area contributed by atoms with Gasteiger partial charge >= 0.3 is 5.97 Å². The second-order valence-electron chi connectivity index (χ2n) is 1.64. The fourth-order valence-electron chi connectivity index (χ4n) is 0.286. The quantitative estimate of drug-likeness (QED) is 0.290. The van der Waals surface area contributed by atoms with E-state index in [0.29, 0.717) is 0 Å². The van der Waals surface area contributed by atoms with Gasteiger partial charge in [-0.3, -0.25) is 4.79 Å². The first-order valence-corrected chi connectivity index (χ1v) is 2.47. The Morgan fingerprint density at radius 3 is 2.11 bits per heavy atom. The van der Waals surface area contributed by atoms with Gasteiger partial charge in [0, 0.05) is 0 Å². The number of rotatable bonds is 2. The van der Waals surface area contributed by atoms with Crippen LogP contribution in [0.3, 0.4) is 0 Å². The van der Waals surface area contributed by atoms with E-state index in [9.17, 15) is 9.59 Å². The maximum atomic E-state index is 10.5. The molecule has 3 nitrogen and oxygen atoms in total. The molecular weight excluding hydrogens is 119 g/mol. The topological polar surface area (TPSA) is 43.4 Å². The summed E-state index contributed by atoms with van der Waals surface area (Å²) in [5, 5.41) is 0. The highest BCUT2D eigenvalue weighted by Gasteiger charge is 2.16. The average Bonchev–Trinajstić information content (AvgIpc) is 1.84. The minimum absolute atomic E-state index is 0.697. The lowest BCUT2D eigenvalue weighted by Gasteiger charge is -1.99. The van der Waals surface area contributed by atoms with Crippen LogP contribution in [-0.4, -0.2) is 26.7 Å². The SMILES string of the molecule is [B]C(C)C(=O)C(=O)OC. The monoisotopic (exact) mass is 126 g/mol. The van der Waals surface area contributed by atoms with E-state index >= 15 is 0 Å². The van der Waals surface area contributed by atoms with E-state index < -0.39 is 17.6 Å². The summed E-state index contributed by atoms with van der Waals surface area (Å²) in [5.41, 5.74) is 0. The van der Waals surface area contributed by atoms with E-state index in [2.05, 4.69) is 4.74 Å². The summed E-state index contributed by atoms with van der Waals surface area (Å²) in [6, 6.07) is 0. The molecule has 2 radical (unpaired) electrons. The van der Waals surface area contributed by atoms with E-state index in [0.717, 1.165) is 7.11 Å². The van der Waals surface area contributed by atoms with Gasteiger partial charge in [-0.15, -0.1) is 0 Å². The first-order valence-electron chi connectivity index (χ1n) is 2.47. The molecule has 1 atom stereocenters. The Bertz CT molecular complexity index is 130. The van der Waals surface area contributed by atoms with Crippen molar-refractivity contribution in [2.75, 3.05) is 7.11 Å². The molecule has 0 rings (SSSR count). The van der Waals surface area contributed by atoms with Crippen molar-refractivity contribution in [2.45, 2.75) is 12.7 Å². The first kappa shape index (κ1) is 8.20. The number of esters is 1. The van der Waals surface area contributed by atoms with Crippen LogP contribution in [0.2, 0.25) is 5.82 Å². The van der Waals surface area contributed by atoms with Gasteiger partial charge < -0.3 is 4.74 Å². The van der Waals surface area contributed by atoms with Crippen LogP contribution < -0.4 is 0 Å².